The Kier molecular flexibility index (Phi) is 6.80. The topological polar surface area (TPSA) is 99.6 Å². The van der Waals surface area contributed by atoms with Crippen LogP contribution in [0.2, 0.25) is 5.02 Å². The normalized spacial score (nSPS) is 15.5. The number of nitrogens with zero attached hydrogens (tertiary/aromatic N) is 6. The Labute approximate surface area is 202 Å². The lowest BCUT2D eigenvalue weighted by atomic mass is 10.1. The zero-order valence-electron chi connectivity index (χ0n) is 18.6. The minimum absolute atomic E-state index is 0.140. The Morgan fingerprint density at radius 2 is 2.14 bits per heavy atom. The number of anilines is 1. The number of nitriles is 1. The van der Waals surface area contributed by atoms with Crippen molar-refractivity contribution in [2.75, 3.05) is 31.2 Å². The van der Waals surface area contributed by atoms with Gasteiger partial charge in [0.25, 0.3) is 0 Å². The smallest absolute Gasteiger partial charge is 0.394 e. The molecule has 4 heterocycles. The highest BCUT2D eigenvalue weighted by Crippen LogP contribution is 2.36. The second kappa shape index (κ2) is 9.65. The van der Waals surface area contributed by atoms with Crippen molar-refractivity contribution in [2.45, 2.75) is 19.2 Å². The highest BCUT2D eigenvalue weighted by Gasteiger charge is 2.40. The van der Waals surface area contributed by atoms with Crippen LogP contribution in [0.15, 0.2) is 24.9 Å². The molecule has 8 nitrogen and oxygen atoms in total. The molecule has 35 heavy (non-hydrogen) atoms. The number of pyridine rings is 1. The molecule has 0 spiro atoms. The zero-order chi connectivity index (χ0) is 25.3. The summed E-state index contributed by atoms with van der Waals surface area (Å²) in [5.74, 6) is 0.324. The summed E-state index contributed by atoms with van der Waals surface area (Å²) in [6.07, 6.45) is 1.37. The Morgan fingerprint density at radius 1 is 1.40 bits per heavy atom. The number of alkyl halides is 3. The number of aromatic nitrogens is 4. The standard InChI is InChI=1S/C23H20ClF3N6O2/c1-3-4-14-7-15(24)10-29-19(14)8-17-13(2)30-21-18(9-28)20(23(25,26)27)31-33(21)22(17)32-11-16(12-32)35-6-5-34/h3-4,7-8,10,16,34H,1,5-6,11-12H2,2H3/b14-4-,19-8-. The highest BCUT2D eigenvalue weighted by atomic mass is 35.5. The van der Waals surface area contributed by atoms with Crippen molar-refractivity contribution in [3.05, 3.63) is 63.0 Å². The lowest BCUT2D eigenvalue weighted by Gasteiger charge is -2.41. The molecule has 1 aliphatic heterocycles. The van der Waals surface area contributed by atoms with Gasteiger partial charge in [0.05, 0.1) is 35.4 Å². The first-order valence-electron chi connectivity index (χ1n) is 10.5. The van der Waals surface area contributed by atoms with Gasteiger partial charge in [0, 0.05) is 30.1 Å². The van der Waals surface area contributed by atoms with E-state index in [4.69, 9.17) is 21.4 Å². The Morgan fingerprint density at radius 3 is 2.77 bits per heavy atom. The number of hydrogen-bond acceptors (Lipinski definition) is 7. The molecule has 1 aliphatic rings. The van der Waals surface area contributed by atoms with Crippen molar-refractivity contribution in [3.8, 4) is 6.07 Å². The maximum absolute atomic E-state index is 13.7. The molecule has 0 unspecified atom stereocenters. The second-order valence-corrected chi connectivity index (χ2v) is 8.24. The molecule has 1 saturated heterocycles. The van der Waals surface area contributed by atoms with Crippen LogP contribution in [0.3, 0.4) is 0 Å². The minimum Gasteiger partial charge on any atom is -0.394 e. The van der Waals surface area contributed by atoms with Crippen molar-refractivity contribution in [2.24, 2.45) is 0 Å². The molecule has 3 aromatic rings. The number of allylic oxidation sites excluding steroid dienone is 1. The number of aryl methyl sites for hydroxylation is 1. The number of aliphatic hydroxyl groups excluding tert-OH is 1. The van der Waals surface area contributed by atoms with Gasteiger partial charge in [-0.2, -0.15) is 28.0 Å². The van der Waals surface area contributed by atoms with Crippen LogP contribution in [0, 0.1) is 18.3 Å². The van der Waals surface area contributed by atoms with E-state index in [1.54, 1.807) is 42.2 Å². The first kappa shape index (κ1) is 24.7. The summed E-state index contributed by atoms with van der Waals surface area (Å²) in [5.41, 5.74) is -1.27. The van der Waals surface area contributed by atoms with Gasteiger partial charge >= 0.3 is 6.18 Å². The fourth-order valence-corrected chi connectivity index (χ4v) is 4.02. The van der Waals surface area contributed by atoms with E-state index in [0.717, 1.165) is 4.52 Å². The third kappa shape index (κ3) is 4.73. The van der Waals surface area contributed by atoms with Gasteiger partial charge in [-0.15, -0.1) is 0 Å². The van der Waals surface area contributed by atoms with E-state index in [0.29, 0.717) is 45.8 Å². The van der Waals surface area contributed by atoms with Crippen LogP contribution in [0.25, 0.3) is 17.8 Å². The number of halogens is 4. The van der Waals surface area contributed by atoms with Gasteiger partial charge in [-0.05, 0) is 19.1 Å². The fraction of sp³-hybridized carbons (Fsp3) is 0.304. The van der Waals surface area contributed by atoms with Gasteiger partial charge in [-0.3, -0.25) is 4.98 Å². The molecule has 0 amide bonds. The third-order valence-corrected chi connectivity index (χ3v) is 5.64. The molecule has 0 bridgehead atoms. The van der Waals surface area contributed by atoms with Gasteiger partial charge in [-0.25, -0.2) is 4.98 Å². The number of hydrogen-bond donors (Lipinski definition) is 1. The molecular weight excluding hydrogens is 485 g/mol. The predicted octanol–water partition coefficient (Wildman–Crippen LogP) is 1.97. The molecule has 3 aromatic heterocycles. The highest BCUT2D eigenvalue weighted by molar-refractivity contribution is 6.30. The van der Waals surface area contributed by atoms with E-state index in [-0.39, 0.29) is 25.0 Å². The van der Waals surface area contributed by atoms with E-state index in [1.165, 1.54) is 6.20 Å². The maximum Gasteiger partial charge on any atom is 0.436 e. The molecule has 0 radical (unpaired) electrons. The Hall–Kier alpha value is -3.46. The van der Waals surface area contributed by atoms with Crippen LogP contribution < -0.4 is 15.5 Å². The van der Waals surface area contributed by atoms with E-state index in [9.17, 15) is 18.4 Å². The van der Waals surface area contributed by atoms with Crippen molar-refractivity contribution >= 4 is 35.2 Å². The number of rotatable bonds is 6. The average Bonchev–Trinajstić information content (AvgIpc) is 3.14. The maximum atomic E-state index is 13.7. The number of fused-ring (bicyclic) bond motifs is 1. The second-order valence-electron chi connectivity index (χ2n) is 7.80. The molecule has 1 N–H and O–H groups in total. The van der Waals surface area contributed by atoms with Gasteiger partial charge in [0.2, 0.25) is 0 Å². The lowest BCUT2D eigenvalue weighted by Crippen LogP contribution is -2.53. The molecule has 0 aliphatic carbocycles. The van der Waals surface area contributed by atoms with Gasteiger partial charge < -0.3 is 14.7 Å². The van der Waals surface area contributed by atoms with E-state index >= 15 is 0 Å². The van der Waals surface area contributed by atoms with E-state index in [1.807, 2.05) is 0 Å². The van der Waals surface area contributed by atoms with Crippen LogP contribution >= 0.6 is 11.6 Å². The van der Waals surface area contributed by atoms with Crippen LogP contribution in [0.1, 0.15) is 22.5 Å². The molecule has 12 heteroatoms. The zero-order valence-corrected chi connectivity index (χ0v) is 19.3. The molecule has 182 valence electrons. The molecule has 4 rings (SSSR count). The Balaban J connectivity index is 2.00. The van der Waals surface area contributed by atoms with Crippen LogP contribution in [-0.2, 0) is 10.9 Å². The first-order valence-corrected chi connectivity index (χ1v) is 10.9. The molecule has 1 fully saturated rings. The summed E-state index contributed by atoms with van der Waals surface area (Å²) in [6, 6.07) is 3.29. The van der Waals surface area contributed by atoms with Crippen LogP contribution in [0.5, 0.6) is 0 Å². The van der Waals surface area contributed by atoms with Crippen LogP contribution in [0.4, 0.5) is 19.0 Å². The Bertz CT molecular complexity index is 1460. The quantitative estimate of drug-likeness (QED) is 0.548. The van der Waals surface area contributed by atoms with Crippen molar-refractivity contribution in [3.63, 3.8) is 0 Å². The predicted molar refractivity (Wildman–Crippen MR) is 123 cm³/mol. The van der Waals surface area contributed by atoms with Crippen molar-refractivity contribution in [1.82, 2.24) is 19.6 Å². The molecule has 0 saturated carbocycles. The molecule has 0 atom stereocenters. The largest absolute Gasteiger partial charge is 0.436 e. The van der Waals surface area contributed by atoms with Crippen molar-refractivity contribution < 1.29 is 23.0 Å². The number of aliphatic hydroxyl groups is 1. The summed E-state index contributed by atoms with van der Waals surface area (Å²) in [5, 5.41) is 23.8. The summed E-state index contributed by atoms with van der Waals surface area (Å²) in [4.78, 5) is 10.5. The lowest BCUT2D eigenvalue weighted by molar-refractivity contribution is -0.141. The molecule has 0 aromatic carbocycles. The SMILES string of the molecule is C=C/C=c1/cc(Cl)cn/c1=C\c1c(C)nc2c(C#N)c(C(F)(F)F)nn2c1N1CC(OCCO)C1. The monoisotopic (exact) mass is 504 g/mol. The first-order chi connectivity index (χ1) is 16.7. The van der Waals surface area contributed by atoms with E-state index in [2.05, 4.69) is 21.6 Å². The summed E-state index contributed by atoms with van der Waals surface area (Å²) in [6.45, 7) is 6.04. The van der Waals surface area contributed by atoms with Crippen molar-refractivity contribution in [1.29, 1.82) is 5.26 Å². The summed E-state index contributed by atoms with van der Waals surface area (Å²) >= 11 is 6.08. The number of ether oxygens (including phenoxy) is 1. The fourth-order valence-electron chi connectivity index (χ4n) is 3.85. The van der Waals surface area contributed by atoms with Gasteiger partial charge in [0.15, 0.2) is 11.3 Å². The van der Waals surface area contributed by atoms with E-state index < -0.39 is 17.4 Å². The third-order valence-electron chi connectivity index (χ3n) is 5.43. The molecular formula is C23H20ClF3N6O2. The van der Waals surface area contributed by atoms with Gasteiger partial charge in [-0.1, -0.05) is 30.3 Å². The average molecular weight is 505 g/mol. The summed E-state index contributed by atoms with van der Waals surface area (Å²) < 4.78 is 47.6. The summed E-state index contributed by atoms with van der Waals surface area (Å²) in [7, 11) is 0. The van der Waals surface area contributed by atoms with Gasteiger partial charge in [0.1, 0.15) is 17.5 Å². The van der Waals surface area contributed by atoms with Crippen LogP contribution in [-0.4, -0.2) is 57.1 Å². The minimum atomic E-state index is -4.83.